The topological polar surface area (TPSA) is 30.7 Å². The molecule has 0 amide bonds. The first-order chi connectivity index (χ1) is 12.2. The molecule has 0 bridgehead atoms. The molecule has 1 heterocycles. The van der Waals surface area contributed by atoms with Crippen LogP contribution in [0.1, 0.15) is 0 Å². The van der Waals surface area contributed by atoms with E-state index < -0.39 is 0 Å². The first-order valence-electron chi connectivity index (χ1n) is 7.75. The van der Waals surface area contributed by atoms with Crippen molar-refractivity contribution in [2.24, 2.45) is 0 Å². The molecular formula is C20H13I2N3. The van der Waals surface area contributed by atoms with Crippen LogP contribution in [0.15, 0.2) is 78.9 Å². The van der Waals surface area contributed by atoms with Crippen LogP contribution in [0.4, 0.5) is 0 Å². The van der Waals surface area contributed by atoms with Crippen LogP contribution < -0.4 is 0 Å². The first-order valence-corrected chi connectivity index (χ1v) is 9.91. The van der Waals surface area contributed by atoms with E-state index >= 15 is 0 Å². The lowest BCUT2D eigenvalue weighted by Gasteiger charge is -2.11. The molecule has 4 rings (SSSR count). The minimum Gasteiger partial charge on any atom is -0.275 e. The van der Waals surface area contributed by atoms with Crippen molar-refractivity contribution in [2.45, 2.75) is 0 Å². The Labute approximate surface area is 173 Å². The monoisotopic (exact) mass is 549 g/mol. The first kappa shape index (κ1) is 16.7. The second-order valence-corrected chi connectivity index (χ2v) is 8.03. The summed E-state index contributed by atoms with van der Waals surface area (Å²) in [5.41, 5.74) is 3.16. The van der Waals surface area contributed by atoms with Gasteiger partial charge >= 0.3 is 0 Å². The Balaban J connectivity index is 1.97. The summed E-state index contributed by atoms with van der Waals surface area (Å²) in [6, 6.07) is 26.9. The van der Waals surface area contributed by atoms with Crippen LogP contribution in [-0.4, -0.2) is 14.8 Å². The molecule has 0 aliphatic heterocycles. The summed E-state index contributed by atoms with van der Waals surface area (Å²) in [6.07, 6.45) is 0. The molecule has 0 spiro atoms. The van der Waals surface area contributed by atoms with E-state index in [1.807, 2.05) is 30.3 Å². The number of hydrogen-bond donors (Lipinski definition) is 0. The zero-order valence-electron chi connectivity index (χ0n) is 13.1. The molecule has 0 saturated carbocycles. The van der Waals surface area contributed by atoms with Gasteiger partial charge in [0.1, 0.15) is 0 Å². The molecule has 1 aromatic heterocycles. The average Bonchev–Trinajstić information content (AvgIpc) is 3.07. The predicted octanol–water partition coefficient (Wildman–Crippen LogP) is 5.81. The number of para-hydroxylation sites is 1. The van der Waals surface area contributed by atoms with Gasteiger partial charge in [-0.15, -0.1) is 10.2 Å². The number of rotatable bonds is 3. The van der Waals surface area contributed by atoms with Crippen LogP contribution in [0.5, 0.6) is 0 Å². The minimum absolute atomic E-state index is 0.846. The van der Waals surface area contributed by atoms with Gasteiger partial charge in [-0.25, -0.2) is 0 Å². The molecule has 0 fully saturated rings. The maximum atomic E-state index is 4.52. The van der Waals surface area contributed by atoms with E-state index in [1.54, 1.807) is 0 Å². The van der Waals surface area contributed by atoms with Gasteiger partial charge in [0.15, 0.2) is 11.6 Å². The quantitative estimate of drug-likeness (QED) is 0.302. The Morgan fingerprint density at radius 3 is 1.60 bits per heavy atom. The molecule has 25 heavy (non-hydrogen) atoms. The highest BCUT2D eigenvalue weighted by Gasteiger charge is 2.17. The summed E-state index contributed by atoms with van der Waals surface area (Å²) in [5.74, 6) is 1.69. The highest BCUT2D eigenvalue weighted by atomic mass is 127. The van der Waals surface area contributed by atoms with Gasteiger partial charge in [0, 0.05) is 24.0 Å². The highest BCUT2D eigenvalue weighted by molar-refractivity contribution is 14.1. The fourth-order valence-corrected chi connectivity index (χ4v) is 3.82. The van der Waals surface area contributed by atoms with Crippen molar-refractivity contribution in [3.8, 4) is 28.5 Å². The van der Waals surface area contributed by atoms with E-state index in [1.165, 1.54) is 7.14 Å². The van der Waals surface area contributed by atoms with E-state index in [4.69, 9.17) is 0 Å². The molecule has 122 valence electrons. The minimum atomic E-state index is 0.846. The predicted molar refractivity (Wildman–Crippen MR) is 118 cm³/mol. The van der Waals surface area contributed by atoms with Crippen LogP contribution in [0.3, 0.4) is 0 Å². The maximum absolute atomic E-state index is 4.52. The number of hydrogen-bond acceptors (Lipinski definition) is 2. The molecule has 0 unspecified atom stereocenters. The van der Waals surface area contributed by atoms with Crippen LogP contribution in [0, 0.1) is 7.14 Å². The van der Waals surface area contributed by atoms with E-state index in [-0.39, 0.29) is 0 Å². The molecular weight excluding hydrogens is 536 g/mol. The Bertz CT molecular complexity index is 963. The van der Waals surface area contributed by atoms with Gasteiger partial charge in [-0.2, -0.15) is 0 Å². The third kappa shape index (κ3) is 3.48. The van der Waals surface area contributed by atoms with E-state index in [0.29, 0.717) is 0 Å². The van der Waals surface area contributed by atoms with Crippen molar-refractivity contribution in [3.05, 3.63) is 86.0 Å². The van der Waals surface area contributed by atoms with E-state index in [9.17, 15) is 0 Å². The lowest BCUT2D eigenvalue weighted by Crippen LogP contribution is -2.00. The molecule has 0 aliphatic carbocycles. The van der Waals surface area contributed by atoms with Crippen LogP contribution in [-0.2, 0) is 0 Å². The Morgan fingerprint density at radius 2 is 1.12 bits per heavy atom. The van der Waals surface area contributed by atoms with Gasteiger partial charge in [0.05, 0.1) is 0 Å². The second kappa shape index (κ2) is 7.25. The summed E-state index contributed by atoms with van der Waals surface area (Å²) in [5, 5.41) is 9.03. The fourth-order valence-electron chi connectivity index (χ4n) is 2.73. The zero-order chi connectivity index (χ0) is 17.2. The van der Waals surface area contributed by atoms with E-state index in [0.717, 1.165) is 28.5 Å². The van der Waals surface area contributed by atoms with Gasteiger partial charge in [0.25, 0.3) is 0 Å². The molecule has 0 aliphatic rings. The summed E-state index contributed by atoms with van der Waals surface area (Å²) in [6.45, 7) is 0. The van der Waals surface area contributed by atoms with Gasteiger partial charge in [-0.1, -0.05) is 42.5 Å². The van der Waals surface area contributed by atoms with Crippen LogP contribution in [0.2, 0.25) is 0 Å². The SMILES string of the molecule is Ic1cccc(-c2nnc(-c3cccc(I)c3)n2-c2ccccc2)c1. The van der Waals surface area contributed by atoms with Gasteiger partial charge < -0.3 is 0 Å². The molecule has 4 aromatic rings. The van der Waals surface area contributed by atoms with Crippen molar-refractivity contribution >= 4 is 45.2 Å². The maximum Gasteiger partial charge on any atom is 0.168 e. The zero-order valence-corrected chi connectivity index (χ0v) is 17.4. The smallest absolute Gasteiger partial charge is 0.168 e. The highest BCUT2D eigenvalue weighted by Crippen LogP contribution is 2.29. The summed E-state index contributed by atoms with van der Waals surface area (Å²) in [4.78, 5) is 0. The summed E-state index contributed by atoms with van der Waals surface area (Å²) < 4.78 is 4.47. The Morgan fingerprint density at radius 1 is 0.600 bits per heavy atom. The molecule has 3 nitrogen and oxygen atoms in total. The van der Waals surface area contributed by atoms with Crippen molar-refractivity contribution in [1.82, 2.24) is 14.8 Å². The Hall–Kier alpha value is -1.74. The lowest BCUT2D eigenvalue weighted by atomic mass is 10.1. The van der Waals surface area contributed by atoms with Crippen LogP contribution >= 0.6 is 45.2 Å². The largest absolute Gasteiger partial charge is 0.275 e. The van der Waals surface area contributed by atoms with Gasteiger partial charge in [0.2, 0.25) is 0 Å². The third-order valence-electron chi connectivity index (χ3n) is 3.84. The number of nitrogens with zero attached hydrogens (tertiary/aromatic N) is 3. The summed E-state index contributed by atoms with van der Waals surface area (Å²) in [7, 11) is 0. The number of benzene rings is 3. The molecule has 3 aromatic carbocycles. The third-order valence-corrected chi connectivity index (χ3v) is 5.19. The van der Waals surface area contributed by atoms with E-state index in [2.05, 4.69) is 108 Å². The fraction of sp³-hybridized carbons (Fsp3) is 0. The van der Waals surface area contributed by atoms with Crippen molar-refractivity contribution in [2.75, 3.05) is 0 Å². The normalized spacial score (nSPS) is 10.8. The van der Waals surface area contributed by atoms with Gasteiger partial charge in [-0.3, -0.25) is 4.57 Å². The second-order valence-electron chi connectivity index (χ2n) is 5.54. The molecule has 5 heteroatoms. The van der Waals surface area contributed by atoms with Gasteiger partial charge in [-0.05, 0) is 81.6 Å². The molecule has 0 radical (unpaired) electrons. The lowest BCUT2D eigenvalue weighted by molar-refractivity contribution is 1.07. The molecule has 0 atom stereocenters. The van der Waals surface area contributed by atoms with Crippen molar-refractivity contribution < 1.29 is 0 Å². The van der Waals surface area contributed by atoms with Crippen LogP contribution in [0.25, 0.3) is 28.5 Å². The average molecular weight is 549 g/mol. The number of halogens is 2. The molecule has 0 N–H and O–H groups in total. The summed E-state index contributed by atoms with van der Waals surface area (Å²) >= 11 is 4.65. The van der Waals surface area contributed by atoms with Crippen molar-refractivity contribution in [1.29, 1.82) is 0 Å². The number of aromatic nitrogens is 3. The Kier molecular flexibility index (Phi) is 4.85. The standard InChI is InChI=1S/C20H13I2N3/c21-16-8-4-6-14(12-16)19-23-24-20(15-7-5-9-17(22)13-15)25(19)18-10-2-1-3-11-18/h1-13H. The molecule has 0 saturated heterocycles. The van der Waals surface area contributed by atoms with Crippen molar-refractivity contribution in [3.63, 3.8) is 0 Å².